The summed E-state index contributed by atoms with van der Waals surface area (Å²) in [4.78, 5) is 0. The summed E-state index contributed by atoms with van der Waals surface area (Å²) in [5.41, 5.74) is 7.16. The van der Waals surface area contributed by atoms with Gasteiger partial charge in [0.1, 0.15) is 11.5 Å². The Morgan fingerprint density at radius 1 is 1.31 bits per heavy atom. The largest absolute Gasteiger partial charge is 0.508 e. The minimum Gasteiger partial charge on any atom is -0.508 e. The second-order valence-corrected chi connectivity index (χ2v) is 3.15. The Balaban J connectivity index is 2.92. The summed E-state index contributed by atoms with van der Waals surface area (Å²) < 4.78 is 0. The van der Waals surface area contributed by atoms with Gasteiger partial charge in [-0.05, 0) is 43.5 Å². The van der Waals surface area contributed by atoms with E-state index in [4.69, 9.17) is 10.8 Å². The maximum absolute atomic E-state index is 9.50. The number of rotatable bonds is 3. The lowest BCUT2D eigenvalue weighted by atomic mass is 10.0. The van der Waals surface area contributed by atoms with E-state index in [1.54, 1.807) is 6.07 Å². The fraction of sp³-hybridized carbons (Fsp3) is 0.400. The Bertz CT molecular complexity index is 274. The molecule has 72 valence electrons. The number of phenols is 2. The minimum atomic E-state index is 0.103. The van der Waals surface area contributed by atoms with E-state index in [1.807, 2.05) is 6.92 Å². The molecule has 1 aromatic carbocycles. The van der Waals surface area contributed by atoms with Gasteiger partial charge in [0, 0.05) is 6.07 Å². The molecule has 0 amide bonds. The molecule has 0 aliphatic rings. The summed E-state index contributed by atoms with van der Waals surface area (Å²) in [6.07, 6.45) is 1.60. The standard InChI is InChI=1S/C10H15NO2/c1-7-5-8(12)6-10(13)9(7)3-2-4-11/h5-6,12-13H,2-4,11H2,1H3. The second-order valence-electron chi connectivity index (χ2n) is 3.15. The van der Waals surface area contributed by atoms with Crippen molar-refractivity contribution in [2.45, 2.75) is 19.8 Å². The van der Waals surface area contributed by atoms with Crippen LogP contribution in [0.4, 0.5) is 0 Å². The normalized spacial score (nSPS) is 10.3. The summed E-state index contributed by atoms with van der Waals surface area (Å²) >= 11 is 0. The lowest BCUT2D eigenvalue weighted by Gasteiger charge is -2.08. The number of phenolic OH excluding ortho intramolecular Hbond substituents is 2. The Morgan fingerprint density at radius 3 is 2.54 bits per heavy atom. The smallest absolute Gasteiger partial charge is 0.122 e. The van der Waals surface area contributed by atoms with Crippen LogP contribution >= 0.6 is 0 Å². The number of aromatic hydroxyl groups is 2. The molecule has 0 bridgehead atoms. The van der Waals surface area contributed by atoms with Crippen molar-refractivity contribution in [3.05, 3.63) is 23.3 Å². The molecule has 0 heterocycles. The van der Waals surface area contributed by atoms with Crippen LogP contribution in [0, 0.1) is 6.92 Å². The van der Waals surface area contributed by atoms with E-state index < -0.39 is 0 Å². The lowest BCUT2D eigenvalue weighted by molar-refractivity contribution is 0.444. The highest BCUT2D eigenvalue weighted by Gasteiger charge is 2.05. The van der Waals surface area contributed by atoms with Crippen LogP contribution in [0.3, 0.4) is 0 Å². The maximum atomic E-state index is 9.50. The number of nitrogens with two attached hydrogens (primary N) is 1. The van der Waals surface area contributed by atoms with Gasteiger partial charge < -0.3 is 15.9 Å². The molecule has 1 aromatic rings. The molecule has 13 heavy (non-hydrogen) atoms. The Morgan fingerprint density at radius 2 is 2.00 bits per heavy atom. The molecule has 0 aromatic heterocycles. The third-order valence-electron chi connectivity index (χ3n) is 2.07. The van der Waals surface area contributed by atoms with Gasteiger partial charge in [0.15, 0.2) is 0 Å². The number of aryl methyl sites for hydroxylation is 1. The SMILES string of the molecule is Cc1cc(O)cc(O)c1CCCN. The van der Waals surface area contributed by atoms with Crippen molar-refractivity contribution >= 4 is 0 Å². The zero-order valence-corrected chi connectivity index (χ0v) is 7.75. The van der Waals surface area contributed by atoms with Gasteiger partial charge in [-0.15, -0.1) is 0 Å². The van der Waals surface area contributed by atoms with Crippen molar-refractivity contribution in [3.8, 4) is 11.5 Å². The topological polar surface area (TPSA) is 66.5 Å². The molecule has 0 radical (unpaired) electrons. The molecule has 0 saturated heterocycles. The average molecular weight is 181 g/mol. The van der Waals surface area contributed by atoms with Gasteiger partial charge in [-0.25, -0.2) is 0 Å². The van der Waals surface area contributed by atoms with Gasteiger partial charge in [0.05, 0.1) is 0 Å². The fourth-order valence-electron chi connectivity index (χ4n) is 1.38. The van der Waals surface area contributed by atoms with Crippen LogP contribution in [-0.4, -0.2) is 16.8 Å². The van der Waals surface area contributed by atoms with Crippen LogP contribution in [0.2, 0.25) is 0 Å². The van der Waals surface area contributed by atoms with Crippen LogP contribution in [0.1, 0.15) is 17.5 Å². The molecule has 4 N–H and O–H groups in total. The van der Waals surface area contributed by atoms with Crippen molar-refractivity contribution in [1.29, 1.82) is 0 Å². The quantitative estimate of drug-likeness (QED) is 0.658. The molecule has 0 spiro atoms. The third kappa shape index (κ3) is 2.36. The fourth-order valence-corrected chi connectivity index (χ4v) is 1.38. The first-order valence-electron chi connectivity index (χ1n) is 4.36. The van der Waals surface area contributed by atoms with Gasteiger partial charge >= 0.3 is 0 Å². The van der Waals surface area contributed by atoms with Crippen molar-refractivity contribution in [2.75, 3.05) is 6.54 Å². The summed E-state index contributed by atoms with van der Waals surface area (Å²) in [5.74, 6) is 0.262. The molecule has 3 heteroatoms. The highest BCUT2D eigenvalue weighted by atomic mass is 16.3. The highest BCUT2D eigenvalue weighted by Crippen LogP contribution is 2.27. The van der Waals surface area contributed by atoms with Gasteiger partial charge in [-0.2, -0.15) is 0 Å². The maximum Gasteiger partial charge on any atom is 0.122 e. The van der Waals surface area contributed by atoms with Gasteiger partial charge in [-0.1, -0.05) is 0 Å². The Kier molecular flexibility index (Phi) is 3.14. The summed E-state index contributed by atoms with van der Waals surface area (Å²) in [5, 5.41) is 18.7. The van der Waals surface area contributed by atoms with E-state index in [0.717, 1.165) is 24.0 Å². The predicted molar refractivity (Wildman–Crippen MR) is 51.9 cm³/mol. The second kappa shape index (κ2) is 4.14. The average Bonchev–Trinajstić information content (AvgIpc) is 2.02. The molecule has 1 rings (SSSR count). The zero-order valence-electron chi connectivity index (χ0n) is 7.75. The first-order valence-corrected chi connectivity index (χ1v) is 4.36. The highest BCUT2D eigenvalue weighted by molar-refractivity contribution is 5.44. The molecule has 3 nitrogen and oxygen atoms in total. The summed E-state index contributed by atoms with van der Waals surface area (Å²) in [6.45, 7) is 2.48. The van der Waals surface area contributed by atoms with E-state index in [0.29, 0.717) is 6.54 Å². The first kappa shape index (κ1) is 9.86. The van der Waals surface area contributed by atoms with E-state index in [9.17, 15) is 5.11 Å². The van der Waals surface area contributed by atoms with Crippen molar-refractivity contribution in [3.63, 3.8) is 0 Å². The van der Waals surface area contributed by atoms with E-state index >= 15 is 0 Å². The predicted octanol–water partition coefficient (Wildman–Crippen LogP) is 1.30. The molecule has 0 aliphatic heterocycles. The number of hydrogen-bond donors (Lipinski definition) is 3. The van der Waals surface area contributed by atoms with Crippen molar-refractivity contribution in [2.24, 2.45) is 5.73 Å². The van der Waals surface area contributed by atoms with Crippen LogP contribution in [0.15, 0.2) is 12.1 Å². The monoisotopic (exact) mass is 181 g/mol. The van der Waals surface area contributed by atoms with Gasteiger partial charge in [0.2, 0.25) is 0 Å². The van der Waals surface area contributed by atoms with Crippen molar-refractivity contribution < 1.29 is 10.2 Å². The van der Waals surface area contributed by atoms with E-state index in [2.05, 4.69) is 0 Å². The van der Waals surface area contributed by atoms with Gasteiger partial charge in [-0.3, -0.25) is 0 Å². The molecular weight excluding hydrogens is 166 g/mol. The van der Waals surface area contributed by atoms with Gasteiger partial charge in [0.25, 0.3) is 0 Å². The van der Waals surface area contributed by atoms with Crippen LogP contribution in [0.25, 0.3) is 0 Å². The van der Waals surface area contributed by atoms with E-state index in [1.165, 1.54) is 6.07 Å². The van der Waals surface area contributed by atoms with Crippen LogP contribution in [0.5, 0.6) is 11.5 Å². The van der Waals surface area contributed by atoms with Crippen molar-refractivity contribution in [1.82, 2.24) is 0 Å². The molecule has 0 unspecified atom stereocenters. The molecular formula is C10H15NO2. The number of benzene rings is 1. The van der Waals surface area contributed by atoms with E-state index in [-0.39, 0.29) is 11.5 Å². The minimum absolute atomic E-state index is 0.103. The molecule has 0 aliphatic carbocycles. The Labute approximate surface area is 77.8 Å². The molecule has 0 atom stereocenters. The summed E-state index contributed by atoms with van der Waals surface area (Å²) in [7, 11) is 0. The Hall–Kier alpha value is -1.22. The molecule has 0 saturated carbocycles. The van der Waals surface area contributed by atoms with Crippen LogP contribution < -0.4 is 5.73 Å². The summed E-state index contributed by atoms with van der Waals surface area (Å²) in [6, 6.07) is 3.00. The van der Waals surface area contributed by atoms with Crippen LogP contribution in [-0.2, 0) is 6.42 Å². The lowest BCUT2D eigenvalue weighted by Crippen LogP contribution is -2.01. The first-order chi connectivity index (χ1) is 6.15. The third-order valence-corrected chi connectivity index (χ3v) is 2.07. The molecule has 0 fully saturated rings. The number of hydrogen-bond acceptors (Lipinski definition) is 3. The zero-order chi connectivity index (χ0) is 9.84.